The molecule has 1 amide bonds. The molecule has 0 spiro atoms. The fourth-order valence-electron chi connectivity index (χ4n) is 1.68. The van der Waals surface area contributed by atoms with Crippen LogP contribution in [-0.4, -0.2) is 50.1 Å². The normalized spacial score (nSPS) is 21.2. The third kappa shape index (κ3) is 2.71. The Morgan fingerprint density at radius 1 is 1.25 bits per heavy atom. The lowest BCUT2D eigenvalue weighted by Crippen LogP contribution is -2.32. The predicted octanol–water partition coefficient (Wildman–Crippen LogP) is 0.207. The highest BCUT2D eigenvalue weighted by Crippen LogP contribution is 2.16. The summed E-state index contributed by atoms with van der Waals surface area (Å²) in [5.74, 6) is -1.46. The molecule has 0 bridgehead atoms. The molecule has 6 heteroatoms. The number of rotatable bonds is 1. The first-order chi connectivity index (χ1) is 7.60. The van der Waals surface area contributed by atoms with E-state index in [0.29, 0.717) is 19.5 Å². The number of hydrogen-bond acceptors (Lipinski definition) is 5. The van der Waals surface area contributed by atoms with Crippen molar-refractivity contribution in [2.24, 2.45) is 5.92 Å². The summed E-state index contributed by atoms with van der Waals surface area (Å²) in [7, 11) is 2.53. The molecule has 1 aliphatic heterocycles. The fraction of sp³-hybridized carbons (Fsp3) is 0.700. The molecular formula is C10H15NO5. The van der Waals surface area contributed by atoms with Gasteiger partial charge in [-0.05, 0) is 6.42 Å². The second-order valence-corrected chi connectivity index (χ2v) is 3.54. The third-order valence-electron chi connectivity index (χ3n) is 2.62. The Bertz CT molecular complexity index is 302. The van der Waals surface area contributed by atoms with Crippen molar-refractivity contribution in [1.29, 1.82) is 0 Å². The zero-order valence-corrected chi connectivity index (χ0v) is 9.39. The van der Waals surface area contributed by atoms with E-state index >= 15 is 0 Å². The molecule has 1 heterocycles. The average molecular weight is 229 g/mol. The van der Waals surface area contributed by atoms with Crippen molar-refractivity contribution in [2.75, 3.05) is 27.3 Å². The van der Waals surface area contributed by atoms with Gasteiger partial charge in [0.15, 0.2) is 0 Å². The molecule has 0 aliphatic carbocycles. The minimum atomic E-state index is -0.750. The molecule has 0 aromatic heterocycles. The topological polar surface area (TPSA) is 72.9 Å². The van der Waals surface area contributed by atoms with Crippen molar-refractivity contribution in [2.45, 2.75) is 12.8 Å². The van der Waals surface area contributed by atoms with E-state index < -0.39 is 18.0 Å². The van der Waals surface area contributed by atoms with E-state index in [0.717, 1.165) is 0 Å². The van der Waals surface area contributed by atoms with Gasteiger partial charge in [0, 0.05) is 19.5 Å². The van der Waals surface area contributed by atoms with Crippen LogP contribution in [0.5, 0.6) is 0 Å². The van der Waals surface area contributed by atoms with Crippen molar-refractivity contribution in [1.82, 2.24) is 4.90 Å². The average Bonchev–Trinajstić information content (AvgIpc) is 2.49. The molecule has 1 saturated heterocycles. The minimum Gasteiger partial charge on any atom is -0.468 e. The Hall–Kier alpha value is -1.59. The number of carbonyl (C=O) groups is 3. The Labute approximate surface area is 93.5 Å². The number of esters is 1. The smallest absolute Gasteiger partial charge is 0.409 e. The molecule has 0 N–H and O–H groups in total. The van der Waals surface area contributed by atoms with E-state index in [9.17, 15) is 14.4 Å². The minimum absolute atomic E-state index is 0.162. The zero-order chi connectivity index (χ0) is 12.1. The molecule has 1 fully saturated rings. The van der Waals surface area contributed by atoms with Gasteiger partial charge in [-0.3, -0.25) is 9.59 Å². The summed E-state index contributed by atoms with van der Waals surface area (Å²) in [6.07, 6.45) is -0.0199. The standard InChI is InChI=1S/C10H15NO5/c1-15-9(13)7-3-5-11(10(14)16-2)6-4-8(7)12/h7H,3-6H2,1-2H3. The van der Waals surface area contributed by atoms with Gasteiger partial charge in [0.2, 0.25) is 0 Å². The number of likely N-dealkylation sites (tertiary alicyclic amines) is 1. The van der Waals surface area contributed by atoms with Crippen LogP contribution >= 0.6 is 0 Å². The molecule has 6 nitrogen and oxygen atoms in total. The Kier molecular flexibility index (Phi) is 4.28. The monoisotopic (exact) mass is 229 g/mol. The van der Waals surface area contributed by atoms with Gasteiger partial charge in [-0.25, -0.2) is 4.79 Å². The van der Waals surface area contributed by atoms with Gasteiger partial charge in [-0.1, -0.05) is 0 Å². The van der Waals surface area contributed by atoms with Gasteiger partial charge in [-0.15, -0.1) is 0 Å². The van der Waals surface area contributed by atoms with Crippen molar-refractivity contribution in [3.63, 3.8) is 0 Å². The van der Waals surface area contributed by atoms with Crippen LogP contribution in [0.3, 0.4) is 0 Å². The quantitative estimate of drug-likeness (QED) is 0.474. The van der Waals surface area contributed by atoms with E-state index in [1.807, 2.05) is 0 Å². The summed E-state index contributed by atoms with van der Waals surface area (Å²) in [6.45, 7) is 0.622. The molecule has 1 unspecified atom stereocenters. The fourth-order valence-corrected chi connectivity index (χ4v) is 1.68. The maximum absolute atomic E-state index is 11.6. The Balaban J connectivity index is 2.66. The van der Waals surface area contributed by atoms with Crippen LogP contribution in [0.4, 0.5) is 4.79 Å². The number of Topliss-reactive ketones (excluding diaryl/α,β-unsaturated/α-hetero) is 1. The molecule has 1 atom stereocenters. The van der Waals surface area contributed by atoms with E-state index in [-0.39, 0.29) is 12.2 Å². The SMILES string of the molecule is COC(=O)C1CCN(C(=O)OC)CCC1=O. The van der Waals surface area contributed by atoms with Crippen LogP contribution in [0.2, 0.25) is 0 Å². The molecular weight excluding hydrogens is 214 g/mol. The summed E-state index contributed by atoms with van der Waals surface area (Å²) in [6, 6.07) is 0. The van der Waals surface area contributed by atoms with Crippen molar-refractivity contribution in [3.05, 3.63) is 0 Å². The van der Waals surface area contributed by atoms with Crippen molar-refractivity contribution >= 4 is 17.8 Å². The van der Waals surface area contributed by atoms with Crippen molar-refractivity contribution in [3.8, 4) is 0 Å². The first-order valence-corrected chi connectivity index (χ1v) is 5.03. The number of methoxy groups -OCH3 is 2. The second-order valence-electron chi connectivity index (χ2n) is 3.54. The number of amides is 1. The van der Waals surface area contributed by atoms with E-state index in [1.54, 1.807) is 0 Å². The molecule has 0 aromatic rings. The van der Waals surface area contributed by atoms with Gasteiger partial charge in [0.05, 0.1) is 14.2 Å². The van der Waals surface area contributed by atoms with Crippen molar-refractivity contribution < 1.29 is 23.9 Å². The summed E-state index contributed by atoms with van der Waals surface area (Å²) >= 11 is 0. The molecule has 0 radical (unpaired) electrons. The summed E-state index contributed by atoms with van der Waals surface area (Å²) in [5, 5.41) is 0. The van der Waals surface area contributed by atoms with Crippen LogP contribution in [0.1, 0.15) is 12.8 Å². The van der Waals surface area contributed by atoms with E-state index in [2.05, 4.69) is 9.47 Å². The number of carbonyl (C=O) groups excluding carboxylic acids is 3. The third-order valence-corrected chi connectivity index (χ3v) is 2.62. The van der Waals surface area contributed by atoms with E-state index in [1.165, 1.54) is 19.1 Å². The van der Waals surface area contributed by atoms with Gasteiger partial charge in [0.25, 0.3) is 0 Å². The maximum Gasteiger partial charge on any atom is 0.409 e. The summed E-state index contributed by atoms with van der Waals surface area (Å²) < 4.78 is 9.11. The molecule has 1 aliphatic rings. The Morgan fingerprint density at radius 2 is 1.94 bits per heavy atom. The number of ether oxygens (including phenoxy) is 2. The highest BCUT2D eigenvalue weighted by atomic mass is 16.5. The number of hydrogen-bond donors (Lipinski definition) is 0. The van der Waals surface area contributed by atoms with E-state index in [4.69, 9.17) is 0 Å². The molecule has 1 rings (SSSR count). The first kappa shape index (κ1) is 12.5. The van der Waals surface area contributed by atoms with Gasteiger partial charge >= 0.3 is 12.1 Å². The highest BCUT2D eigenvalue weighted by Gasteiger charge is 2.32. The first-order valence-electron chi connectivity index (χ1n) is 5.03. The van der Waals surface area contributed by atoms with Crippen LogP contribution in [-0.2, 0) is 19.1 Å². The molecule has 0 aromatic carbocycles. The van der Waals surface area contributed by atoms with Gasteiger partial charge < -0.3 is 14.4 Å². The molecule has 90 valence electrons. The Morgan fingerprint density at radius 3 is 2.50 bits per heavy atom. The molecule has 16 heavy (non-hydrogen) atoms. The lowest BCUT2D eigenvalue weighted by Gasteiger charge is -2.17. The predicted molar refractivity (Wildman–Crippen MR) is 53.7 cm³/mol. The van der Waals surface area contributed by atoms with Gasteiger partial charge in [0.1, 0.15) is 11.7 Å². The van der Waals surface area contributed by atoms with Crippen LogP contribution in [0, 0.1) is 5.92 Å². The lowest BCUT2D eigenvalue weighted by molar-refractivity contribution is -0.149. The maximum atomic E-state index is 11.6. The second kappa shape index (κ2) is 5.48. The number of nitrogens with zero attached hydrogens (tertiary/aromatic N) is 1. The zero-order valence-electron chi connectivity index (χ0n) is 9.39. The summed E-state index contributed by atoms with van der Waals surface area (Å²) in [5.41, 5.74) is 0. The summed E-state index contributed by atoms with van der Waals surface area (Å²) in [4.78, 5) is 35.6. The van der Waals surface area contributed by atoms with Crippen LogP contribution in [0.25, 0.3) is 0 Å². The van der Waals surface area contributed by atoms with Gasteiger partial charge in [-0.2, -0.15) is 0 Å². The lowest BCUT2D eigenvalue weighted by atomic mass is 10.00. The largest absolute Gasteiger partial charge is 0.468 e. The highest BCUT2D eigenvalue weighted by molar-refractivity contribution is 5.99. The number of ketones is 1. The molecule has 0 saturated carbocycles. The van der Waals surface area contributed by atoms with Crippen LogP contribution < -0.4 is 0 Å². The van der Waals surface area contributed by atoms with Crippen LogP contribution in [0.15, 0.2) is 0 Å².